The van der Waals surface area contributed by atoms with Crippen LogP contribution in [-0.2, 0) is 0 Å². The second-order valence-corrected chi connectivity index (χ2v) is 6.17. The lowest BCUT2D eigenvalue weighted by atomic mass is 10.0. The molecular weight excluding hydrogens is 278 g/mol. The van der Waals surface area contributed by atoms with Gasteiger partial charge in [-0.15, -0.1) is 22.9 Å². The molecule has 19 heavy (non-hydrogen) atoms. The SMILES string of the molecule is O=C(c1csc2ccccc12)N1CCCCC1CCl. The van der Waals surface area contributed by atoms with Crippen molar-refractivity contribution in [2.75, 3.05) is 12.4 Å². The molecule has 1 aliphatic rings. The normalized spacial score (nSPS) is 19.8. The lowest BCUT2D eigenvalue weighted by Crippen LogP contribution is -2.44. The minimum absolute atomic E-state index is 0.141. The van der Waals surface area contributed by atoms with E-state index in [1.54, 1.807) is 11.3 Å². The van der Waals surface area contributed by atoms with Gasteiger partial charge in [0.05, 0.1) is 5.56 Å². The first-order valence-corrected chi connectivity index (χ1v) is 8.06. The number of piperidine rings is 1. The molecule has 1 fully saturated rings. The molecule has 100 valence electrons. The van der Waals surface area contributed by atoms with Crippen molar-refractivity contribution in [3.63, 3.8) is 0 Å². The van der Waals surface area contributed by atoms with Crippen LogP contribution in [0.15, 0.2) is 29.6 Å². The van der Waals surface area contributed by atoms with Crippen molar-refractivity contribution in [3.05, 3.63) is 35.2 Å². The molecule has 1 amide bonds. The lowest BCUT2D eigenvalue weighted by Gasteiger charge is -2.34. The molecule has 1 saturated heterocycles. The topological polar surface area (TPSA) is 20.3 Å². The Morgan fingerprint density at radius 2 is 2.21 bits per heavy atom. The second-order valence-electron chi connectivity index (χ2n) is 4.95. The average molecular weight is 294 g/mol. The van der Waals surface area contributed by atoms with Crippen molar-refractivity contribution in [2.45, 2.75) is 25.3 Å². The minimum Gasteiger partial charge on any atom is -0.334 e. The fourth-order valence-electron chi connectivity index (χ4n) is 2.73. The van der Waals surface area contributed by atoms with Crippen LogP contribution in [-0.4, -0.2) is 29.3 Å². The van der Waals surface area contributed by atoms with Crippen LogP contribution in [0.2, 0.25) is 0 Å². The highest BCUT2D eigenvalue weighted by Gasteiger charge is 2.28. The molecule has 0 aliphatic carbocycles. The number of alkyl halides is 1. The molecule has 1 unspecified atom stereocenters. The lowest BCUT2D eigenvalue weighted by molar-refractivity contribution is 0.0641. The van der Waals surface area contributed by atoms with E-state index in [1.165, 1.54) is 11.1 Å². The molecule has 0 bridgehead atoms. The van der Waals surface area contributed by atoms with Crippen LogP contribution < -0.4 is 0 Å². The number of likely N-dealkylation sites (tertiary alicyclic amines) is 1. The summed E-state index contributed by atoms with van der Waals surface area (Å²) >= 11 is 7.64. The molecule has 4 heteroatoms. The van der Waals surface area contributed by atoms with Gasteiger partial charge < -0.3 is 4.90 Å². The number of hydrogen-bond donors (Lipinski definition) is 0. The zero-order chi connectivity index (χ0) is 13.2. The van der Waals surface area contributed by atoms with E-state index in [-0.39, 0.29) is 11.9 Å². The quantitative estimate of drug-likeness (QED) is 0.762. The monoisotopic (exact) mass is 293 g/mol. The van der Waals surface area contributed by atoms with Gasteiger partial charge in [-0.3, -0.25) is 4.79 Å². The van der Waals surface area contributed by atoms with Crippen molar-refractivity contribution in [2.24, 2.45) is 0 Å². The molecule has 2 nitrogen and oxygen atoms in total. The summed E-state index contributed by atoms with van der Waals surface area (Å²) in [6, 6.07) is 8.28. The Balaban J connectivity index is 1.94. The summed E-state index contributed by atoms with van der Waals surface area (Å²) in [5.41, 5.74) is 0.831. The van der Waals surface area contributed by atoms with E-state index in [0.717, 1.165) is 30.3 Å². The fraction of sp³-hybridized carbons (Fsp3) is 0.400. The van der Waals surface area contributed by atoms with E-state index in [4.69, 9.17) is 11.6 Å². The molecule has 0 saturated carbocycles. The van der Waals surface area contributed by atoms with E-state index in [2.05, 4.69) is 6.07 Å². The third kappa shape index (κ3) is 2.37. The summed E-state index contributed by atoms with van der Waals surface area (Å²) in [7, 11) is 0. The van der Waals surface area contributed by atoms with Gasteiger partial charge in [0.25, 0.3) is 5.91 Å². The smallest absolute Gasteiger partial charge is 0.255 e. The van der Waals surface area contributed by atoms with E-state index >= 15 is 0 Å². The van der Waals surface area contributed by atoms with Gasteiger partial charge in [0.2, 0.25) is 0 Å². The second kappa shape index (κ2) is 5.51. The van der Waals surface area contributed by atoms with Crippen LogP contribution in [0.1, 0.15) is 29.6 Å². The molecule has 1 atom stereocenters. The van der Waals surface area contributed by atoms with Crippen molar-refractivity contribution < 1.29 is 4.79 Å². The van der Waals surface area contributed by atoms with Crippen LogP contribution in [0.25, 0.3) is 10.1 Å². The van der Waals surface area contributed by atoms with Crippen molar-refractivity contribution in [1.29, 1.82) is 0 Å². The predicted octanol–water partition coefficient (Wildman–Crippen LogP) is 4.13. The molecular formula is C15H16ClNOS. The number of carbonyl (C=O) groups is 1. The van der Waals surface area contributed by atoms with Crippen molar-refractivity contribution in [3.8, 4) is 0 Å². The maximum atomic E-state index is 12.7. The molecule has 1 aliphatic heterocycles. The summed E-state index contributed by atoms with van der Waals surface area (Å²) in [6.45, 7) is 0.834. The number of halogens is 1. The first-order valence-electron chi connectivity index (χ1n) is 6.64. The first kappa shape index (κ1) is 12.9. The Labute approximate surface area is 122 Å². The van der Waals surface area contributed by atoms with Crippen molar-refractivity contribution in [1.82, 2.24) is 4.90 Å². The van der Waals surface area contributed by atoms with E-state index < -0.39 is 0 Å². The molecule has 0 radical (unpaired) electrons. The first-order chi connectivity index (χ1) is 9.31. The van der Waals surface area contributed by atoms with Gasteiger partial charge in [-0.1, -0.05) is 18.2 Å². The standard InChI is InChI=1S/C15H16ClNOS/c16-9-11-5-3-4-8-17(11)15(18)13-10-19-14-7-2-1-6-12(13)14/h1-2,6-7,10-11H,3-5,8-9H2. The Kier molecular flexibility index (Phi) is 3.76. The molecule has 0 spiro atoms. The van der Waals surface area contributed by atoms with Crippen LogP contribution >= 0.6 is 22.9 Å². The summed E-state index contributed by atoms with van der Waals surface area (Å²) in [6.07, 6.45) is 3.28. The molecule has 1 aromatic carbocycles. The number of nitrogens with zero attached hydrogens (tertiary/aromatic N) is 1. The molecule has 3 rings (SSSR count). The average Bonchev–Trinajstić information content (AvgIpc) is 2.90. The van der Waals surface area contributed by atoms with E-state index in [0.29, 0.717) is 5.88 Å². The molecule has 0 N–H and O–H groups in total. The Morgan fingerprint density at radius 1 is 1.37 bits per heavy atom. The summed E-state index contributed by atoms with van der Waals surface area (Å²) < 4.78 is 1.17. The summed E-state index contributed by atoms with van der Waals surface area (Å²) in [5, 5.41) is 3.05. The number of carbonyl (C=O) groups excluding carboxylic acids is 1. The molecule has 1 aromatic heterocycles. The van der Waals surface area contributed by atoms with Crippen LogP contribution in [0.3, 0.4) is 0 Å². The summed E-state index contributed by atoms with van der Waals surface area (Å²) in [5.74, 6) is 0.677. The van der Waals surface area contributed by atoms with Crippen LogP contribution in [0, 0.1) is 0 Å². The third-order valence-corrected chi connectivity index (χ3v) is 5.10. The number of rotatable bonds is 2. The summed E-state index contributed by atoms with van der Waals surface area (Å²) in [4.78, 5) is 14.7. The van der Waals surface area contributed by atoms with Crippen LogP contribution in [0.5, 0.6) is 0 Å². The Hall–Kier alpha value is -1.06. The fourth-order valence-corrected chi connectivity index (χ4v) is 3.98. The largest absolute Gasteiger partial charge is 0.334 e. The molecule has 2 heterocycles. The number of benzene rings is 1. The van der Waals surface area contributed by atoms with Gasteiger partial charge in [0.15, 0.2) is 0 Å². The zero-order valence-electron chi connectivity index (χ0n) is 10.6. The highest BCUT2D eigenvalue weighted by atomic mass is 35.5. The minimum atomic E-state index is 0.141. The number of thiophene rings is 1. The van der Waals surface area contributed by atoms with Gasteiger partial charge >= 0.3 is 0 Å². The zero-order valence-corrected chi connectivity index (χ0v) is 12.2. The van der Waals surface area contributed by atoms with Gasteiger partial charge in [-0.05, 0) is 25.3 Å². The van der Waals surface area contributed by atoms with Gasteiger partial charge in [-0.2, -0.15) is 0 Å². The number of fused-ring (bicyclic) bond motifs is 1. The van der Waals surface area contributed by atoms with E-state index in [1.807, 2.05) is 28.5 Å². The number of hydrogen-bond acceptors (Lipinski definition) is 2. The third-order valence-electron chi connectivity index (χ3n) is 3.78. The Bertz CT molecular complexity index is 595. The maximum Gasteiger partial charge on any atom is 0.255 e. The van der Waals surface area contributed by atoms with Gasteiger partial charge in [-0.25, -0.2) is 0 Å². The highest BCUT2D eigenvalue weighted by molar-refractivity contribution is 7.17. The van der Waals surface area contributed by atoms with Gasteiger partial charge in [0.1, 0.15) is 0 Å². The number of amides is 1. The van der Waals surface area contributed by atoms with Crippen LogP contribution in [0.4, 0.5) is 0 Å². The van der Waals surface area contributed by atoms with E-state index in [9.17, 15) is 4.79 Å². The van der Waals surface area contributed by atoms with Gasteiger partial charge in [0, 0.05) is 33.9 Å². The highest BCUT2D eigenvalue weighted by Crippen LogP contribution is 2.29. The molecule has 2 aromatic rings. The maximum absolute atomic E-state index is 12.7. The predicted molar refractivity (Wildman–Crippen MR) is 81.2 cm³/mol. The van der Waals surface area contributed by atoms with Crippen molar-refractivity contribution >= 4 is 38.9 Å². The Morgan fingerprint density at radius 3 is 3.05 bits per heavy atom.